The number of carbonyl (C=O) groups excluding carboxylic acids is 3. The molecule has 2 N–H and O–H groups in total. The van der Waals surface area contributed by atoms with Gasteiger partial charge in [-0.1, -0.05) is 30.3 Å². The Morgan fingerprint density at radius 3 is 2.31 bits per heavy atom. The number of hydrogen-bond donors (Lipinski definition) is 2. The fourth-order valence-corrected chi connectivity index (χ4v) is 4.77. The monoisotopic (exact) mass is 560 g/mol. The maximum absolute atomic E-state index is 13.6. The zero-order chi connectivity index (χ0) is 26.5. The number of alkyl carbamates (subject to hydrolysis) is 1. The third-order valence-corrected chi connectivity index (χ3v) is 6.40. The molecule has 36 heavy (non-hydrogen) atoms. The van der Waals surface area contributed by atoms with E-state index in [4.69, 9.17) is 14.2 Å². The van der Waals surface area contributed by atoms with Crippen LogP contribution in [0.4, 0.5) is 4.79 Å². The fourth-order valence-electron chi connectivity index (χ4n) is 4.22. The summed E-state index contributed by atoms with van der Waals surface area (Å²) in [7, 11) is 1.57. The molecule has 1 aliphatic rings. The maximum Gasteiger partial charge on any atom is 0.408 e. The van der Waals surface area contributed by atoms with Crippen molar-refractivity contribution >= 4 is 33.9 Å². The van der Waals surface area contributed by atoms with E-state index in [1.165, 1.54) is 0 Å². The second-order valence-electron chi connectivity index (χ2n) is 9.79. The minimum absolute atomic E-state index is 0.170. The average Bonchev–Trinajstić information content (AvgIpc) is 3.15. The number of esters is 1. The first-order valence-electron chi connectivity index (χ1n) is 11.8. The van der Waals surface area contributed by atoms with Crippen molar-refractivity contribution in [3.05, 3.63) is 63.6 Å². The number of benzene rings is 2. The molecule has 8 nitrogen and oxygen atoms in total. The van der Waals surface area contributed by atoms with Crippen LogP contribution < -0.4 is 15.4 Å². The Morgan fingerprint density at radius 1 is 1.08 bits per heavy atom. The number of nitrogens with one attached hydrogen (secondary N) is 2. The normalized spacial score (nSPS) is 17.5. The van der Waals surface area contributed by atoms with Gasteiger partial charge in [-0.25, -0.2) is 9.59 Å². The zero-order valence-electron chi connectivity index (χ0n) is 21.3. The predicted octanol–water partition coefficient (Wildman–Crippen LogP) is 4.11. The van der Waals surface area contributed by atoms with Crippen LogP contribution in [0.15, 0.2) is 46.9 Å². The molecule has 2 atom stereocenters. The van der Waals surface area contributed by atoms with Gasteiger partial charge >= 0.3 is 12.1 Å². The molecular weight excluding hydrogens is 528 g/mol. The van der Waals surface area contributed by atoms with E-state index >= 15 is 0 Å². The Labute approximate surface area is 220 Å². The fraction of sp³-hybridized carbons (Fsp3) is 0.444. The zero-order valence-corrected chi connectivity index (χ0v) is 22.9. The van der Waals surface area contributed by atoms with E-state index < -0.39 is 35.2 Å². The van der Waals surface area contributed by atoms with Crippen LogP contribution in [0.5, 0.6) is 5.75 Å². The van der Waals surface area contributed by atoms with Gasteiger partial charge in [0.1, 0.15) is 22.9 Å². The Morgan fingerprint density at radius 2 is 1.72 bits per heavy atom. The van der Waals surface area contributed by atoms with Crippen LogP contribution in [-0.4, -0.2) is 48.9 Å². The molecule has 0 unspecified atom stereocenters. The third-order valence-electron chi connectivity index (χ3n) is 5.78. The molecule has 0 saturated heterocycles. The minimum atomic E-state index is -1.31. The number of ether oxygens (including phenoxy) is 3. The van der Waals surface area contributed by atoms with Crippen molar-refractivity contribution in [3.63, 3.8) is 0 Å². The maximum atomic E-state index is 13.6. The van der Waals surface area contributed by atoms with Gasteiger partial charge in [-0.15, -0.1) is 0 Å². The standard InChI is InChI=1S/C27H33BrN2O6/c1-6-35-24(32)27(15-18-13-20(28)22(34-5)14-19(18)16-27)30-23(31)21(12-17-10-8-7-9-11-17)29-25(33)36-26(2,3)4/h7-11,13-14,21H,6,12,15-16H2,1-5H3,(H,29,33)(H,30,31)/t21-,27+/m0/s1. The first kappa shape index (κ1) is 27.5. The van der Waals surface area contributed by atoms with E-state index in [0.717, 1.165) is 21.2 Å². The van der Waals surface area contributed by atoms with Crippen molar-refractivity contribution in [1.82, 2.24) is 10.6 Å². The number of carbonyl (C=O) groups is 3. The minimum Gasteiger partial charge on any atom is -0.496 e. The molecule has 0 bridgehead atoms. The molecule has 0 heterocycles. The predicted molar refractivity (Wildman–Crippen MR) is 139 cm³/mol. The topological polar surface area (TPSA) is 103 Å². The van der Waals surface area contributed by atoms with Gasteiger partial charge < -0.3 is 24.8 Å². The first-order valence-corrected chi connectivity index (χ1v) is 12.6. The Balaban J connectivity index is 1.90. The quantitative estimate of drug-likeness (QED) is 0.471. The summed E-state index contributed by atoms with van der Waals surface area (Å²) < 4.78 is 16.9. The molecular formula is C27H33BrN2O6. The summed E-state index contributed by atoms with van der Waals surface area (Å²) in [6.45, 7) is 7.13. The van der Waals surface area contributed by atoms with Crippen LogP contribution in [0.3, 0.4) is 0 Å². The second kappa shape index (κ2) is 11.3. The summed E-state index contributed by atoms with van der Waals surface area (Å²) in [4.78, 5) is 39.4. The number of halogens is 1. The molecule has 9 heteroatoms. The summed E-state index contributed by atoms with van der Waals surface area (Å²) in [6, 6.07) is 12.1. The van der Waals surface area contributed by atoms with Gasteiger partial charge in [0, 0.05) is 19.3 Å². The van der Waals surface area contributed by atoms with Crippen LogP contribution in [0.1, 0.15) is 44.4 Å². The molecule has 0 saturated carbocycles. The molecule has 2 aromatic rings. The van der Waals surface area contributed by atoms with Gasteiger partial charge in [0.05, 0.1) is 18.2 Å². The number of fused-ring (bicyclic) bond motifs is 1. The summed E-state index contributed by atoms with van der Waals surface area (Å²) in [5.41, 5.74) is 0.580. The van der Waals surface area contributed by atoms with E-state index in [0.29, 0.717) is 5.75 Å². The van der Waals surface area contributed by atoms with Crippen molar-refractivity contribution in [1.29, 1.82) is 0 Å². The Kier molecular flexibility index (Phi) is 8.66. The van der Waals surface area contributed by atoms with Gasteiger partial charge in [-0.2, -0.15) is 0 Å². The van der Waals surface area contributed by atoms with Crippen LogP contribution in [0.25, 0.3) is 0 Å². The lowest BCUT2D eigenvalue weighted by molar-refractivity contribution is -0.153. The van der Waals surface area contributed by atoms with Crippen molar-refractivity contribution in [2.45, 2.75) is 64.1 Å². The molecule has 194 valence electrons. The van der Waals surface area contributed by atoms with E-state index in [1.807, 2.05) is 42.5 Å². The number of methoxy groups -OCH3 is 1. The molecule has 1 aliphatic carbocycles. The van der Waals surface area contributed by atoms with Crippen LogP contribution in [-0.2, 0) is 38.3 Å². The van der Waals surface area contributed by atoms with Crippen molar-refractivity contribution in [2.24, 2.45) is 0 Å². The number of rotatable bonds is 8. The second-order valence-corrected chi connectivity index (χ2v) is 10.6. The smallest absolute Gasteiger partial charge is 0.408 e. The highest BCUT2D eigenvalue weighted by atomic mass is 79.9. The summed E-state index contributed by atoms with van der Waals surface area (Å²) in [5.74, 6) is -0.398. The first-order chi connectivity index (χ1) is 17.0. The molecule has 0 radical (unpaired) electrons. The van der Waals surface area contributed by atoms with Gasteiger partial charge in [0.15, 0.2) is 0 Å². The highest BCUT2D eigenvalue weighted by Gasteiger charge is 2.48. The van der Waals surface area contributed by atoms with E-state index in [1.54, 1.807) is 34.8 Å². The molecule has 0 aliphatic heterocycles. The SMILES string of the molecule is CCOC(=O)[C@@]1(NC(=O)[C@H](Cc2ccccc2)NC(=O)OC(C)(C)C)Cc2cc(Br)c(OC)cc2C1. The van der Waals surface area contributed by atoms with Crippen LogP contribution in [0, 0.1) is 0 Å². The molecule has 3 rings (SSSR count). The van der Waals surface area contributed by atoms with Gasteiger partial charge in [0.2, 0.25) is 5.91 Å². The highest BCUT2D eigenvalue weighted by molar-refractivity contribution is 9.10. The van der Waals surface area contributed by atoms with Gasteiger partial charge in [-0.05, 0) is 72.4 Å². The van der Waals surface area contributed by atoms with Crippen molar-refractivity contribution in [3.8, 4) is 5.75 Å². The molecule has 0 aromatic heterocycles. The lowest BCUT2D eigenvalue weighted by Gasteiger charge is -2.30. The van der Waals surface area contributed by atoms with Gasteiger partial charge in [0.25, 0.3) is 0 Å². The van der Waals surface area contributed by atoms with Crippen LogP contribution in [0.2, 0.25) is 0 Å². The molecule has 0 spiro atoms. The number of amides is 2. The Bertz CT molecular complexity index is 1120. The van der Waals surface area contributed by atoms with Crippen molar-refractivity contribution < 1.29 is 28.6 Å². The number of hydrogen-bond acceptors (Lipinski definition) is 6. The van der Waals surface area contributed by atoms with Crippen molar-refractivity contribution in [2.75, 3.05) is 13.7 Å². The molecule has 0 fully saturated rings. The van der Waals surface area contributed by atoms with E-state index in [2.05, 4.69) is 26.6 Å². The largest absolute Gasteiger partial charge is 0.496 e. The average molecular weight is 561 g/mol. The highest BCUT2D eigenvalue weighted by Crippen LogP contribution is 2.37. The molecule has 2 amide bonds. The van der Waals surface area contributed by atoms with Gasteiger partial charge in [-0.3, -0.25) is 4.79 Å². The lowest BCUT2D eigenvalue weighted by Crippen LogP contribution is -2.61. The molecule has 2 aromatic carbocycles. The third kappa shape index (κ3) is 6.78. The lowest BCUT2D eigenvalue weighted by atomic mass is 9.94. The summed E-state index contributed by atoms with van der Waals surface area (Å²) >= 11 is 3.49. The van der Waals surface area contributed by atoms with E-state index in [-0.39, 0.29) is 25.9 Å². The summed E-state index contributed by atoms with van der Waals surface area (Å²) in [6.07, 6.45) is -0.00908. The van der Waals surface area contributed by atoms with Crippen LogP contribution >= 0.6 is 15.9 Å². The van der Waals surface area contributed by atoms with E-state index in [9.17, 15) is 14.4 Å². The summed E-state index contributed by atoms with van der Waals surface area (Å²) in [5, 5.41) is 5.61. The Hall–Kier alpha value is -3.07.